The van der Waals surface area contributed by atoms with E-state index < -0.39 is 35.6 Å². The maximum Gasteiger partial charge on any atom is 0.355 e. The SMILES string of the molecule is Cc1[nH]c(C(=O)O[C@@H](C)C(=O)Nc2ccc(F)c(F)c2)c(C)c1C(=O)OC(C)C. The van der Waals surface area contributed by atoms with E-state index in [9.17, 15) is 23.2 Å². The average molecular weight is 408 g/mol. The Morgan fingerprint density at radius 2 is 1.66 bits per heavy atom. The van der Waals surface area contributed by atoms with Crippen molar-refractivity contribution in [3.05, 3.63) is 52.3 Å². The molecule has 0 aliphatic rings. The Hall–Kier alpha value is -3.23. The van der Waals surface area contributed by atoms with Crippen LogP contribution in [0, 0.1) is 25.5 Å². The summed E-state index contributed by atoms with van der Waals surface area (Å²) >= 11 is 0. The van der Waals surface area contributed by atoms with Gasteiger partial charge in [-0.25, -0.2) is 18.4 Å². The number of H-pyrrole nitrogens is 1. The molecule has 1 aromatic carbocycles. The number of anilines is 1. The average Bonchev–Trinajstić information content (AvgIpc) is 2.92. The summed E-state index contributed by atoms with van der Waals surface area (Å²) in [7, 11) is 0. The fourth-order valence-electron chi connectivity index (χ4n) is 2.62. The maximum atomic E-state index is 13.2. The van der Waals surface area contributed by atoms with E-state index in [2.05, 4.69) is 10.3 Å². The second-order valence-corrected chi connectivity index (χ2v) is 6.74. The van der Waals surface area contributed by atoms with E-state index in [1.54, 1.807) is 27.7 Å². The lowest BCUT2D eigenvalue weighted by atomic mass is 10.1. The molecule has 0 aliphatic heterocycles. The van der Waals surface area contributed by atoms with Crippen molar-refractivity contribution in [3.63, 3.8) is 0 Å². The summed E-state index contributed by atoms with van der Waals surface area (Å²) in [5, 5.41) is 2.33. The minimum absolute atomic E-state index is 0.0161. The molecule has 0 fully saturated rings. The number of benzene rings is 1. The predicted molar refractivity (Wildman–Crippen MR) is 101 cm³/mol. The minimum Gasteiger partial charge on any atom is -0.459 e. The van der Waals surface area contributed by atoms with Crippen LogP contribution in [0.2, 0.25) is 0 Å². The number of aryl methyl sites for hydroxylation is 1. The molecule has 0 saturated heterocycles. The third-order valence-corrected chi connectivity index (χ3v) is 4.03. The summed E-state index contributed by atoms with van der Waals surface area (Å²) in [5.74, 6) is -4.32. The number of hydrogen-bond donors (Lipinski definition) is 2. The van der Waals surface area contributed by atoms with Crippen molar-refractivity contribution >= 4 is 23.5 Å². The molecule has 9 heteroatoms. The molecule has 1 atom stereocenters. The van der Waals surface area contributed by atoms with E-state index in [0.717, 1.165) is 12.1 Å². The van der Waals surface area contributed by atoms with E-state index in [1.165, 1.54) is 13.0 Å². The highest BCUT2D eigenvalue weighted by Gasteiger charge is 2.27. The number of carbonyl (C=O) groups is 3. The van der Waals surface area contributed by atoms with Gasteiger partial charge in [0.1, 0.15) is 5.69 Å². The van der Waals surface area contributed by atoms with Gasteiger partial charge in [0.15, 0.2) is 17.7 Å². The van der Waals surface area contributed by atoms with Crippen molar-refractivity contribution in [2.75, 3.05) is 5.32 Å². The Morgan fingerprint density at radius 3 is 2.24 bits per heavy atom. The number of halogens is 2. The normalized spacial score (nSPS) is 11.9. The van der Waals surface area contributed by atoms with Crippen molar-refractivity contribution in [2.24, 2.45) is 0 Å². The third kappa shape index (κ3) is 5.18. The fourth-order valence-corrected chi connectivity index (χ4v) is 2.62. The number of ether oxygens (including phenoxy) is 2. The second-order valence-electron chi connectivity index (χ2n) is 6.74. The van der Waals surface area contributed by atoms with E-state index in [-0.39, 0.29) is 23.0 Å². The van der Waals surface area contributed by atoms with Crippen LogP contribution in [0.4, 0.5) is 14.5 Å². The van der Waals surface area contributed by atoms with Crippen LogP contribution in [0.25, 0.3) is 0 Å². The molecule has 0 saturated carbocycles. The zero-order chi connectivity index (χ0) is 21.9. The molecule has 0 spiro atoms. The lowest BCUT2D eigenvalue weighted by Crippen LogP contribution is -2.30. The molecular weight excluding hydrogens is 386 g/mol. The van der Waals surface area contributed by atoms with Gasteiger partial charge in [0.05, 0.1) is 11.7 Å². The number of nitrogens with one attached hydrogen (secondary N) is 2. The molecule has 0 bridgehead atoms. The highest BCUT2D eigenvalue weighted by atomic mass is 19.2. The molecule has 0 unspecified atom stereocenters. The van der Waals surface area contributed by atoms with Crippen LogP contribution in [0.1, 0.15) is 52.9 Å². The topological polar surface area (TPSA) is 97.5 Å². The van der Waals surface area contributed by atoms with Gasteiger partial charge in [-0.2, -0.15) is 0 Å². The van der Waals surface area contributed by atoms with E-state index in [0.29, 0.717) is 11.3 Å². The Morgan fingerprint density at radius 1 is 1.00 bits per heavy atom. The smallest absolute Gasteiger partial charge is 0.355 e. The second kappa shape index (κ2) is 8.85. The van der Waals surface area contributed by atoms with Crippen molar-refractivity contribution in [3.8, 4) is 0 Å². The zero-order valence-corrected chi connectivity index (χ0v) is 16.7. The van der Waals surface area contributed by atoms with Gasteiger partial charge in [0.25, 0.3) is 5.91 Å². The van der Waals surface area contributed by atoms with Gasteiger partial charge in [0, 0.05) is 17.4 Å². The highest BCUT2D eigenvalue weighted by molar-refractivity contribution is 6.00. The summed E-state index contributed by atoms with van der Waals surface area (Å²) < 4.78 is 36.5. The minimum atomic E-state index is -1.23. The molecule has 1 amide bonds. The molecule has 2 rings (SSSR count). The number of aromatic nitrogens is 1. The fraction of sp³-hybridized carbons (Fsp3) is 0.350. The van der Waals surface area contributed by atoms with Crippen LogP contribution in [-0.4, -0.2) is 35.0 Å². The van der Waals surface area contributed by atoms with Gasteiger partial charge in [-0.3, -0.25) is 4.79 Å². The Balaban J connectivity index is 2.10. The monoisotopic (exact) mass is 408 g/mol. The Labute approximate surface area is 166 Å². The molecule has 2 aromatic rings. The molecule has 2 N–H and O–H groups in total. The first kappa shape index (κ1) is 22.1. The van der Waals surface area contributed by atoms with Gasteiger partial charge in [-0.05, 0) is 52.3 Å². The Kier molecular flexibility index (Phi) is 6.73. The number of carbonyl (C=O) groups excluding carboxylic acids is 3. The standard InChI is InChI=1S/C20H22F2N2O5/c1-9(2)28-19(26)16-10(3)17(23-11(16)4)20(27)29-12(5)18(25)24-13-6-7-14(21)15(22)8-13/h6-9,12,23H,1-5H3,(H,24,25)/t12-/m0/s1. The van der Waals surface area contributed by atoms with Crippen LogP contribution in [0.5, 0.6) is 0 Å². The molecule has 1 aromatic heterocycles. The quantitative estimate of drug-likeness (QED) is 0.711. The van der Waals surface area contributed by atoms with Crippen molar-refractivity contribution in [2.45, 2.75) is 46.8 Å². The summed E-state index contributed by atoms with van der Waals surface area (Å²) in [6.45, 7) is 7.91. The highest BCUT2D eigenvalue weighted by Crippen LogP contribution is 2.21. The zero-order valence-electron chi connectivity index (χ0n) is 16.7. The molecule has 156 valence electrons. The van der Waals surface area contributed by atoms with Crippen LogP contribution in [0.15, 0.2) is 18.2 Å². The largest absolute Gasteiger partial charge is 0.459 e. The molecule has 29 heavy (non-hydrogen) atoms. The molecule has 0 aliphatic carbocycles. The van der Waals surface area contributed by atoms with Crippen LogP contribution < -0.4 is 5.32 Å². The number of rotatable bonds is 6. The van der Waals surface area contributed by atoms with Gasteiger partial charge < -0.3 is 19.8 Å². The van der Waals surface area contributed by atoms with Crippen molar-refractivity contribution in [1.29, 1.82) is 0 Å². The predicted octanol–water partition coefficient (Wildman–Crippen LogP) is 3.66. The van der Waals surface area contributed by atoms with E-state index >= 15 is 0 Å². The van der Waals surface area contributed by atoms with E-state index in [1.807, 2.05) is 0 Å². The first-order chi connectivity index (χ1) is 13.5. The van der Waals surface area contributed by atoms with Gasteiger partial charge in [0.2, 0.25) is 0 Å². The van der Waals surface area contributed by atoms with Gasteiger partial charge in [-0.1, -0.05) is 0 Å². The Bertz CT molecular complexity index is 953. The first-order valence-corrected chi connectivity index (χ1v) is 8.88. The lowest BCUT2D eigenvalue weighted by Gasteiger charge is -2.13. The van der Waals surface area contributed by atoms with Crippen LogP contribution in [-0.2, 0) is 14.3 Å². The third-order valence-electron chi connectivity index (χ3n) is 4.03. The number of aromatic amines is 1. The lowest BCUT2D eigenvalue weighted by molar-refractivity contribution is -0.123. The van der Waals surface area contributed by atoms with Gasteiger partial charge >= 0.3 is 11.9 Å². The summed E-state index contributed by atoms with van der Waals surface area (Å²) in [6, 6.07) is 2.85. The summed E-state index contributed by atoms with van der Waals surface area (Å²) in [5.41, 5.74) is 1.03. The van der Waals surface area contributed by atoms with Crippen LogP contribution >= 0.6 is 0 Å². The molecule has 7 nitrogen and oxygen atoms in total. The maximum absolute atomic E-state index is 13.2. The number of amides is 1. The van der Waals surface area contributed by atoms with Crippen LogP contribution in [0.3, 0.4) is 0 Å². The first-order valence-electron chi connectivity index (χ1n) is 8.88. The van der Waals surface area contributed by atoms with Gasteiger partial charge in [-0.15, -0.1) is 0 Å². The number of esters is 2. The molecular formula is C20H22F2N2O5. The summed E-state index contributed by atoms with van der Waals surface area (Å²) in [4.78, 5) is 39.6. The summed E-state index contributed by atoms with van der Waals surface area (Å²) in [6.07, 6.45) is -1.56. The van der Waals surface area contributed by atoms with Crippen molar-refractivity contribution in [1.82, 2.24) is 4.98 Å². The van der Waals surface area contributed by atoms with E-state index in [4.69, 9.17) is 9.47 Å². The van der Waals surface area contributed by atoms with Crippen molar-refractivity contribution < 1.29 is 32.6 Å². The molecule has 0 radical (unpaired) electrons. The number of hydrogen-bond acceptors (Lipinski definition) is 5. The molecule has 1 heterocycles.